The molecule has 2 N–H and O–H groups in total. The van der Waals surface area contributed by atoms with E-state index in [-0.39, 0.29) is 17.9 Å². The number of benzene rings is 2. The predicted octanol–water partition coefficient (Wildman–Crippen LogP) is 2.30. The average molecular weight is 391 g/mol. The van der Waals surface area contributed by atoms with Crippen LogP contribution in [0.5, 0.6) is 0 Å². The molecule has 1 atom stereocenters. The molecule has 0 bridgehead atoms. The van der Waals surface area contributed by atoms with E-state index in [0.29, 0.717) is 5.56 Å². The first-order chi connectivity index (χ1) is 12.6. The summed E-state index contributed by atoms with van der Waals surface area (Å²) in [5, 5.41) is 0. The maximum atomic E-state index is 13.2. The Morgan fingerprint density at radius 1 is 1.07 bits per heavy atom. The van der Waals surface area contributed by atoms with Gasteiger partial charge in [-0.1, -0.05) is 29.8 Å². The number of nitrogens with two attached hydrogens (primary N) is 1. The third-order valence-electron chi connectivity index (χ3n) is 4.35. The standard InChI is InChI=1S/C20H26N2O4S/c1-5-26-19(23)20(21,14-16-8-10-17(11-9-16)22(3)4)27(24,25)18-12-6-15(2)7-13-18/h6-13H,5,14,21H2,1-4H3/t20-/m1/s1. The molecule has 0 aliphatic rings. The number of aryl methyl sites for hydroxylation is 1. The summed E-state index contributed by atoms with van der Waals surface area (Å²) in [5.41, 5.74) is 8.73. The zero-order valence-corrected chi connectivity index (χ0v) is 16.9. The van der Waals surface area contributed by atoms with E-state index < -0.39 is 20.7 Å². The van der Waals surface area contributed by atoms with Gasteiger partial charge in [0.05, 0.1) is 11.5 Å². The second-order valence-corrected chi connectivity index (χ2v) is 8.87. The number of anilines is 1. The molecule has 0 aliphatic carbocycles. The van der Waals surface area contributed by atoms with Gasteiger partial charge in [-0.15, -0.1) is 0 Å². The van der Waals surface area contributed by atoms with E-state index >= 15 is 0 Å². The van der Waals surface area contributed by atoms with Crippen molar-refractivity contribution in [2.75, 3.05) is 25.6 Å². The Labute approximate surface area is 160 Å². The molecule has 0 amide bonds. The summed E-state index contributed by atoms with van der Waals surface area (Å²) in [7, 11) is -0.360. The summed E-state index contributed by atoms with van der Waals surface area (Å²) in [6.45, 7) is 3.51. The Morgan fingerprint density at radius 3 is 2.11 bits per heavy atom. The van der Waals surface area contributed by atoms with Gasteiger partial charge in [0.2, 0.25) is 14.7 Å². The number of ether oxygens (including phenoxy) is 1. The van der Waals surface area contributed by atoms with E-state index in [1.807, 2.05) is 38.1 Å². The van der Waals surface area contributed by atoms with Crippen LogP contribution < -0.4 is 10.6 Å². The summed E-state index contributed by atoms with van der Waals surface area (Å²) in [6.07, 6.45) is -0.185. The van der Waals surface area contributed by atoms with E-state index in [1.54, 1.807) is 31.2 Å². The molecule has 2 aromatic rings. The fourth-order valence-electron chi connectivity index (χ4n) is 2.67. The van der Waals surface area contributed by atoms with E-state index in [0.717, 1.165) is 11.3 Å². The molecule has 146 valence electrons. The molecule has 27 heavy (non-hydrogen) atoms. The van der Waals surface area contributed by atoms with Crippen molar-refractivity contribution in [2.45, 2.75) is 30.0 Å². The van der Waals surface area contributed by atoms with Gasteiger partial charge in [0.1, 0.15) is 0 Å². The molecule has 2 rings (SSSR count). The number of carbonyl (C=O) groups excluding carboxylic acids is 1. The van der Waals surface area contributed by atoms with Crippen molar-refractivity contribution in [1.82, 2.24) is 0 Å². The van der Waals surface area contributed by atoms with Gasteiger partial charge in [0.25, 0.3) is 0 Å². The van der Waals surface area contributed by atoms with E-state index in [4.69, 9.17) is 10.5 Å². The molecule has 0 fully saturated rings. The van der Waals surface area contributed by atoms with Crippen LogP contribution in [0.3, 0.4) is 0 Å². The summed E-state index contributed by atoms with van der Waals surface area (Å²) < 4.78 is 31.5. The maximum absolute atomic E-state index is 13.2. The summed E-state index contributed by atoms with van der Waals surface area (Å²) >= 11 is 0. The number of hydrogen-bond donors (Lipinski definition) is 1. The summed E-state index contributed by atoms with van der Waals surface area (Å²) in [4.78, 5) is 12.3. The quantitative estimate of drug-likeness (QED) is 0.730. The first-order valence-corrected chi connectivity index (χ1v) is 10.1. The van der Waals surface area contributed by atoms with Crippen LogP contribution in [-0.2, 0) is 25.8 Å². The molecule has 0 heterocycles. The van der Waals surface area contributed by atoms with Crippen molar-refractivity contribution >= 4 is 21.5 Å². The lowest BCUT2D eigenvalue weighted by Gasteiger charge is -2.27. The minimum Gasteiger partial charge on any atom is -0.464 e. The zero-order chi connectivity index (χ0) is 20.2. The van der Waals surface area contributed by atoms with Crippen molar-refractivity contribution in [1.29, 1.82) is 0 Å². The highest BCUT2D eigenvalue weighted by atomic mass is 32.2. The summed E-state index contributed by atoms with van der Waals surface area (Å²) in [5.74, 6) is -0.956. The Balaban J connectivity index is 2.48. The number of esters is 1. The molecular weight excluding hydrogens is 364 g/mol. The van der Waals surface area contributed by atoms with Crippen molar-refractivity contribution in [3.63, 3.8) is 0 Å². The highest BCUT2D eigenvalue weighted by Gasteiger charge is 2.49. The van der Waals surface area contributed by atoms with Crippen molar-refractivity contribution < 1.29 is 17.9 Å². The van der Waals surface area contributed by atoms with Crippen LogP contribution in [0, 0.1) is 6.92 Å². The van der Waals surface area contributed by atoms with Crippen molar-refractivity contribution in [3.8, 4) is 0 Å². The van der Waals surface area contributed by atoms with Crippen LogP contribution in [0.25, 0.3) is 0 Å². The third-order valence-corrected chi connectivity index (χ3v) is 6.51. The highest BCUT2D eigenvalue weighted by Crippen LogP contribution is 2.28. The fraction of sp³-hybridized carbons (Fsp3) is 0.350. The largest absolute Gasteiger partial charge is 0.464 e. The smallest absolute Gasteiger partial charge is 0.342 e. The lowest BCUT2D eigenvalue weighted by Crippen LogP contribution is -2.57. The molecular formula is C20H26N2O4S. The van der Waals surface area contributed by atoms with E-state index in [1.165, 1.54) is 12.1 Å². The number of carbonyl (C=O) groups is 1. The lowest BCUT2D eigenvalue weighted by molar-refractivity contribution is -0.146. The molecule has 7 heteroatoms. The van der Waals surface area contributed by atoms with Crippen LogP contribution in [0.2, 0.25) is 0 Å². The van der Waals surface area contributed by atoms with Crippen molar-refractivity contribution in [3.05, 3.63) is 59.7 Å². The minimum atomic E-state index is -4.17. The molecule has 0 aliphatic heterocycles. The van der Waals surface area contributed by atoms with Crippen LogP contribution in [-0.4, -0.2) is 40.0 Å². The average Bonchev–Trinajstić information content (AvgIpc) is 2.62. The van der Waals surface area contributed by atoms with Crippen LogP contribution in [0.4, 0.5) is 5.69 Å². The number of sulfone groups is 1. The van der Waals surface area contributed by atoms with E-state index in [2.05, 4.69) is 0 Å². The Morgan fingerprint density at radius 2 is 1.63 bits per heavy atom. The number of rotatable bonds is 7. The van der Waals surface area contributed by atoms with Crippen LogP contribution in [0.1, 0.15) is 18.1 Å². The molecule has 0 unspecified atom stereocenters. The van der Waals surface area contributed by atoms with Gasteiger partial charge in [-0.2, -0.15) is 0 Å². The van der Waals surface area contributed by atoms with Crippen molar-refractivity contribution in [2.24, 2.45) is 5.73 Å². The molecule has 0 radical (unpaired) electrons. The van der Waals surface area contributed by atoms with Crippen LogP contribution in [0.15, 0.2) is 53.4 Å². The Hall–Kier alpha value is -2.38. The molecule has 6 nitrogen and oxygen atoms in total. The minimum absolute atomic E-state index is 0.00596. The molecule has 0 saturated carbocycles. The SMILES string of the molecule is CCOC(=O)[C@@](N)(Cc1ccc(N(C)C)cc1)S(=O)(=O)c1ccc(C)cc1. The second-order valence-electron chi connectivity index (χ2n) is 6.66. The summed E-state index contributed by atoms with van der Waals surface area (Å²) in [6, 6.07) is 13.5. The highest BCUT2D eigenvalue weighted by molar-refractivity contribution is 7.93. The molecule has 2 aromatic carbocycles. The number of nitrogens with zero attached hydrogens (tertiary/aromatic N) is 1. The van der Waals surface area contributed by atoms with Gasteiger partial charge in [-0.25, -0.2) is 13.2 Å². The third kappa shape index (κ3) is 4.31. The fourth-order valence-corrected chi connectivity index (χ4v) is 4.22. The molecule has 0 aromatic heterocycles. The van der Waals surface area contributed by atoms with Gasteiger partial charge in [0.15, 0.2) is 0 Å². The van der Waals surface area contributed by atoms with Gasteiger partial charge in [-0.3, -0.25) is 0 Å². The van der Waals surface area contributed by atoms with Gasteiger partial charge >= 0.3 is 5.97 Å². The lowest BCUT2D eigenvalue weighted by atomic mass is 10.1. The molecule has 0 saturated heterocycles. The van der Waals surface area contributed by atoms with Gasteiger partial charge in [-0.05, 0) is 43.7 Å². The topological polar surface area (TPSA) is 89.7 Å². The Bertz CT molecular complexity index is 891. The van der Waals surface area contributed by atoms with Crippen LogP contribution >= 0.6 is 0 Å². The van der Waals surface area contributed by atoms with Gasteiger partial charge in [0, 0.05) is 26.2 Å². The monoisotopic (exact) mass is 390 g/mol. The Kier molecular flexibility index (Phi) is 6.28. The zero-order valence-electron chi connectivity index (χ0n) is 16.1. The second kappa shape index (κ2) is 8.10. The van der Waals surface area contributed by atoms with E-state index in [9.17, 15) is 13.2 Å². The maximum Gasteiger partial charge on any atom is 0.342 e. The molecule has 0 spiro atoms. The van der Waals surface area contributed by atoms with Gasteiger partial charge < -0.3 is 15.4 Å². The normalized spacial score (nSPS) is 13.7. The predicted molar refractivity (Wildman–Crippen MR) is 106 cm³/mol. The number of hydrogen-bond acceptors (Lipinski definition) is 6. The first kappa shape index (κ1) is 20.9. The first-order valence-electron chi connectivity index (χ1n) is 8.65.